The van der Waals surface area contributed by atoms with E-state index in [-0.39, 0.29) is 29.1 Å². The number of carbonyl (C=O) groups excluding carboxylic acids is 2. The highest BCUT2D eigenvalue weighted by Gasteiger charge is 2.36. The molecule has 0 bridgehead atoms. The van der Waals surface area contributed by atoms with Crippen molar-refractivity contribution in [2.75, 3.05) is 29.0 Å². The molecule has 4 rings (SSSR count). The third-order valence-corrected chi connectivity index (χ3v) is 7.87. The number of aromatic nitrogens is 1. The molecule has 0 spiro atoms. The number of sulfonamides is 1. The zero-order chi connectivity index (χ0) is 25.0. The summed E-state index contributed by atoms with van der Waals surface area (Å²) in [6.07, 6.45) is 1.15. The molecule has 0 aliphatic carbocycles. The lowest BCUT2D eigenvalue weighted by Crippen LogP contribution is -2.43. The molecule has 1 unspecified atom stereocenters. The molecule has 1 aromatic heterocycles. The van der Waals surface area contributed by atoms with E-state index >= 15 is 0 Å². The molecule has 0 radical (unpaired) electrons. The summed E-state index contributed by atoms with van der Waals surface area (Å²) in [5.41, 5.74) is 2.09. The Hall–Kier alpha value is -3.70. The van der Waals surface area contributed by atoms with Gasteiger partial charge in [-0.25, -0.2) is 13.2 Å². The fraction of sp³-hybridized carbons (Fsp3) is 0.292. The number of hydrogen-bond acceptors (Lipinski definition) is 6. The number of benzene rings is 2. The highest BCUT2D eigenvalue weighted by atomic mass is 32.2. The van der Waals surface area contributed by atoms with Crippen molar-refractivity contribution < 1.29 is 22.5 Å². The normalized spacial score (nSPS) is 16.5. The van der Waals surface area contributed by atoms with E-state index in [1.165, 1.54) is 4.31 Å². The third kappa shape index (κ3) is 5.69. The van der Waals surface area contributed by atoms with E-state index in [2.05, 4.69) is 21.1 Å². The van der Waals surface area contributed by atoms with Crippen LogP contribution < -0.4 is 16.0 Å². The minimum Gasteiger partial charge on any atom is -0.360 e. The molecular weight excluding hydrogens is 470 g/mol. The predicted molar refractivity (Wildman–Crippen MR) is 132 cm³/mol. The van der Waals surface area contributed by atoms with Gasteiger partial charge in [-0.2, -0.15) is 4.31 Å². The lowest BCUT2D eigenvalue weighted by atomic mass is 9.98. The number of piperidine rings is 1. The zero-order valence-electron chi connectivity index (χ0n) is 19.4. The summed E-state index contributed by atoms with van der Waals surface area (Å²) in [5, 5.41) is 12.0. The Kier molecular flexibility index (Phi) is 7.17. The molecule has 35 heavy (non-hydrogen) atoms. The number of amides is 3. The summed E-state index contributed by atoms with van der Waals surface area (Å²) in [4.78, 5) is 25.1. The van der Waals surface area contributed by atoms with Crippen LogP contribution in [0.3, 0.4) is 0 Å². The Morgan fingerprint density at radius 3 is 2.14 bits per heavy atom. The zero-order valence-corrected chi connectivity index (χ0v) is 20.3. The second kappa shape index (κ2) is 10.3. The number of anilines is 3. The van der Waals surface area contributed by atoms with Gasteiger partial charge in [-0.15, -0.1) is 0 Å². The number of carbonyl (C=O) groups is 2. The van der Waals surface area contributed by atoms with Crippen molar-refractivity contribution in [2.24, 2.45) is 5.92 Å². The highest BCUT2D eigenvalue weighted by Crippen LogP contribution is 2.28. The van der Waals surface area contributed by atoms with Gasteiger partial charge >= 0.3 is 6.03 Å². The quantitative estimate of drug-likeness (QED) is 0.472. The van der Waals surface area contributed by atoms with E-state index < -0.39 is 15.9 Å². The van der Waals surface area contributed by atoms with Crippen LogP contribution in [-0.2, 0) is 14.8 Å². The van der Waals surface area contributed by atoms with Gasteiger partial charge in [-0.3, -0.25) is 4.79 Å². The monoisotopic (exact) mass is 497 g/mol. The summed E-state index contributed by atoms with van der Waals surface area (Å²) < 4.78 is 32.6. The molecule has 11 heteroatoms. The van der Waals surface area contributed by atoms with Crippen LogP contribution in [0.4, 0.5) is 21.9 Å². The van der Waals surface area contributed by atoms with Gasteiger partial charge in [0.15, 0.2) is 5.76 Å². The topological polar surface area (TPSA) is 134 Å². The number of rotatable bonds is 6. The summed E-state index contributed by atoms with van der Waals surface area (Å²) in [5.74, 6) is -0.514. The molecule has 3 N–H and O–H groups in total. The fourth-order valence-electron chi connectivity index (χ4n) is 4.04. The molecule has 2 aromatic carbocycles. The van der Waals surface area contributed by atoms with Gasteiger partial charge in [0.25, 0.3) is 0 Å². The predicted octanol–water partition coefficient (Wildman–Crippen LogP) is 3.97. The maximum Gasteiger partial charge on any atom is 0.323 e. The molecule has 0 saturated carbocycles. The van der Waals surface area contributed by atoms with Gasteiger partial charge in [-0.1, -0.05) is 23.4 Å². The number of aryl methyl sites for hydroxylation is 2. The van der Waals surface area contributed by atoms with Crippen LogP contribution in [0.1, 0.15) is 24.3 Å². The van der Waals surface area contributed by atoms with Crippen LogP contribution in [0.5, 0.6) is 0 Å². The van der Waals surface area contributed by atoms with Gasteiger partial charge in [0.05, 0.1) is 5.92 Å². The maximum atomic E-state index is 13.1. The Labute approximate surface area is 203 Å². The number of para-hydroxylation sites is 1. The Morgan fingerprint density at radius 1 is 0.943 bits per heavy atom. The average molecular weight is 498 g/mol. The number of nitrogens with zero attached hydrogens (tertiary/aromatic N) is 2. The van der Waals surface area contributed by atoms with Crippen LogP contribution in [-0.4, -0.2) is 42.9 Å². The summed E-state index contributed by atoms with van der Waals surface area (Å²) in [6, 6.07) is 15.4. The Bertz CT molecular complexity index is 1290. The van der Waals surface area contributed by atoms with Crippen LogP contribution in [0, 0.1) is 19.8 Å². The second-order valence-corrected chi connectivity index (χ2v) is 10.2. The molecule has 1 atom stereocenters. The van der Waals surface area contributed by atoms with Crippen LogP contribution >= 0.6 is 0 Å². The number of nitrogens with one attached hydrogen (secondary N) is 3. The molecule has 3 aromatic rings. The Morgan fingerprint density at radius 2 is 1.54 bits per heavy atom. The van der Waals surface area contributed by atoms with Gasteiger partial charge in [-0.05, 0) is 63.1 Å². The average Bonchev–Trinajstić information content (AvgIpc) is 3.19. The first-order valence-electron chi connectivity index (χ1n) is 11.2. The van der Waals surface area contributed by atoms with E-state index in [0.29, 0.717) is 42.1 Å². The standard InChI is InChI=1S/C24H27N5O5S/c1-16-22(17(2)34-28-16)35(32,33)29-14-6-7-18(15-29)23(30)25-20-10-12-21(13-11-20)27-24(31)26-19-8-4-3-5-9-19/h3-5,8-13,18H,6-7,14-15H2,1-2H3,(H,25,30)(H2,26,27,31). The molecule has 10 nitrogen and oxygen atoms in total. The first kappa shape index (κ1) is 24.4. The minimum atomic E-state index is -3.81. The van der Waals surface area contributed by atoms with Gasteiger partial charge in [0.1, 0.15) is 10.6 Å². The largest absolute Gasteiger partial charge is 0.360 e. The van der Waals surface area contributed by atoms with Crippen molar-refractivity contribution >= 4 is 39.0 Å². The third-order valence-electron chi connectivity index (χ3n) is 5.76. The van der Waals surface area contributed by atoms with E-state index in [1.807, 2.05) is 18.2 Å². The number of urea groups is 1. The van der Waals surface area contributed by atoms with E-state index in [1.54, 1.807) is 50.2 Å². The van der Waals surface area contributed by atoms with Crippen molar-refractivity contribution in [3.8, 4) is 0 Å². The molecule has 1 aliphatic rings. The molecule has 3 amide bonds. The summed E-state index contributed by atoms with van der Waals surface area (Å²) in [7, 11) is -3.81. The molecule has 1 fully saturated rings. The minimum absolute atomic E-state index is 0.0675. The summed E-state index contributed by atoms with van der Waals surface area (Å²) >= 11 is 0. The molecule has 1 saturated heterocycles. The van der Waals surface area contributed by atoms with Crippen molar-refractivity contribution in [3.05, 3.63) is 66.1 Å². The first-order chi connectivity index (χ1) is 16.7. The highest BCUT2D eigenvalue weighted by molar-refractivity contribution is 7.89. The molecule has 2 heterocycles. The van der Waals surface area contributed by atoms with Crippen molar-refractivity contribution in [1.29, 1.82) is 0 Å². The van der Waals surface area contributed by atoms with E-state index in [4.69, 9.17) is 4.52 Å². The maximum absolute atomic E-state index is 13.1. The molecule has 184 valence electrons. The van der Waals surface area contributed by atoms with Crippen LogP contribution in [0.2, 0.25) is 0 Å². The van der Waals surface area contributed by atoms with Gasteiger partial charge in [0.2, 0.25) is 15.9 Å². The lowest BCUT2D eigenvalue weighted by Gasteiger charge is -2.31. The number of hydrogen-bond donors (Lipinski definition) is 3. The molecule has 1 aliphatic heterocycles. The summed E-state index contributed by atoms with van der Waals surface area (Å²) in [6.45, 7) is 3.56. The van der Waals surface area contributed by atoms with Crippen LogP contribution in [0.15, 0.2) is 64.0 Å². The van der Waals surface area contributed by atoms with E-state index in [0.717, 1.165) is 0 Å². The van der Waals surface area contributed by atoms with Gasteiger partial charge < -0.3 is 20.5 Å². The lowest BCUT2D eigenvalue weighted by molar-refractivity contribution is -0.120. The van der Waals surface area contributed by atoms with E-state index in [9.17, 15) is 18.0 Å². The first-order valence-corrected chi connectivity index (χ1v) is 12.6. The smallest absolute Gasteiger partial charge is 0.323 e. The SMILES string of the molecule is Cc1noc(C)c1S(=O)(=O)N1CCCC(C(=O)Nc2ccc(NC(=O)Nc3ccccc3)cc2)C1. The van der Waals surface area contributed by atoms with Crippen LogP contribution in [0.25, 0.3) is 0 Å². The van der Waals surface area contributed by atoms with Crippen molar-refractivity contribution in [1.82, 2.24) is 9.46 Å². The van der Waals surface area contributed by atoms with Crippen molar-refractivity contribution in [3.63, 3.8) is 0 Å². The fourth-order valence-corrected chi connectivity index (χ4v) is 5.86. The molecular formula is C24H27N5O5S. The Balaban J connectivity index is 1.35. The second-order valence-electron chi connectivity index (χ2n) is 8.37. The van der Waals surface area contributed by atoms with Crippen molar-refractivity contribution in [2.45, 2.75) is 31.6 Å². The van der Waals surface area contributed by atoms with Gasteiger partial charge in [0, 0.05) is 30.2 Å².